The standard InChI is InChI=1S/C15H23N3O/c1-12-11-13(16)5-6-14(12)15(19)17-7-4-10-18-8-2-3-9-18/h5-6,11H,2-4,7-10,16H2,1H3,(H,17,19). The molecule has 3 N–H and O–H groups in total. The van der Waals surface area contributed by atoms with Gasteiger partial charge in [-0.25, -0.2) is 0 Å². The fourth-order valence-electron chi connectivity index (χ4n) is 2.55. The summed E-state index contributed by atoms with van der Waals surface area (Å²) in [7, 11) is 0. The Balaban J connectivity index is 1.74. The summed E-state index contributed by atoms with van der Waals surface area (Å²) < 4.78 is 0. The summed E-state index contributed by atoms with van der Waals surface area (Å²) in [6.45, 7) is 6.16. The maximum Gasteiger partial charge on any atom is 0.251 e. The van der Waals surface area contributed by atoms with E-state index in [1.807, 2.05) is 13.0 Å². The Morgan fingerprint density at radius 3 is 2.79 bits per heavy atom. The summed E-state index contributed by atoms with van der Waals surface area (Å²) in [6, 6.07) is 5.39. The number of carbonyl (C=O) groups excluding carboxylic acids is 1. The predicted molar refractivity (Wildman–Crippen MR) is 78.2 cm³/mol. The Hall–Kier alpha value is -1.55. The molecular weight excluding hydrogens is 238 g/mol. The van der Waals surface area contributed by atoms with Gasteiger partial charge in [-0.2, -0.15) is 0 Å². The van der Waals surface area contributed by atoms with Gasteiger partial charge in [0.05, 0.1) is 0 Å². The van der Waals surface area contributed by atoms with Crippen LogP contribution in [0.25, 0.3) is 0 Å². The van der Waals surface area contributed by atoms with E-state index >= 15 is 0 Å². The number of anilines is 1. The summed E-state index contributed by atoms with van der Waals surface area (Å²) in [6.07, 6.45) is 3.65. The highest BCUT2D eigenvalue weighted by Crippen LogP contribution is 2.12. The van der Waals surface area contributed by atoms with Gasteiger partial charge in [0.25, 0.3) is 5.91 Å². The molecule has 1 aromatic rings. The molecule has 104 valence electrons. The third kappa shape index (κ3) is 3.96. The van der Waals surface area contributed by atoms with Crippen LogP contribution in [0.2, 0.25) is 0 Å². The van der Waals surface area contributed by atoms with Gasteiger partial charge in [0, 0.05) is 17.8 Å². The van der Waals surface area contributed by atoms with Crippen LogP contribution in [-0.4, -0.2) is 37.0 Å². The molecule has 0 aromatic heterocycles. The molecule has 0 saturated carbocycles. The zero-order valence-corrected chi connectivity index (χ0v) is 11.6. The summed E-state index contributed by atoms with van der Waals surface area (Å²) >= 11 is 0. The topological polar surface area (TPSA) is 58.4 Å². The van der Waals surface area contributed by atoms with Gasteiger partial charge in [-0.1, -0.05) is 0 Å². The van der Waals surface area contributed by atoms with Crippen molar-refractivity contribution in [2.75, 3.05) is 31.9 Å². The third-order valence-corrected chi connectivity index (χ3v) is 3.63. The minimum absolute atomic E-state index is 0.000998. The van der Waals surface area contributed by atoms with E-state index in [1.54, 1.807) is 12.1 Å². The van der Waals surface area contributed by atoms with E-state index in [9.17, 15) is 4.79 Å². The minimum atomic E-state index is -0.000998. The lowest BCUT2D eigenvalue weighted by Gasteiger charge is -2.14. The van der Waals surface area contributed by atoms with Crippen molar-refractivity contribution >= 4 is 11.6 Å². The van der Waals surface area contributed by atoms with Crippen LogP contribution in [0.1, 0.15) is 35.2 Å². The average Bonchev–Trinajstić information content (AvgIpc) is 2.87. The van der Waals surface area contributed by atoms with Crippen LogP contribution in [0, 0.1) is 6.92 Å². The van der Waals surface area contributed by atoms with E-state index in [-0.39, 0.29) is 5.91 Å². The van der Waals surface area contributed by atoms with Gasteiger partial charge in [0.2, 0.25) is 0 Å². The molecule has 1 aliphatic rings. The molecule has 2 rings (SSSR count). The molecule has 1 fully saturated rings. The summed E-state index contributed by atoms with van der Waals surface area (Å²) in [5.41, 5.74) is 8.02. The minimum Gasteiger partial charge on any atom is -0.399 e. The number of nitrogens with two attached hydrogens (primary N) is 1. The lowest BCUT2D eigenvalue weighted by atomic mass is 10.1. The highest BCUT2D eigenvalue weighted by atomic mass is 16.1. The number of nitrogens with one attached hydrogen (secondary N) is 1. The number of hydrogen-bond acceptors (Lipinski definition) is 3. The van der Waals surface area contributed by atoms with E-state index in [4.69, 9.17) is 5.73 Å². The number of rotatable bonds is 5. The van der Waals surface area contributed by atoms with Gasteiger partial charge >= 0.3 is 0 Å². The molecular formula is C15H23N3O. The molecule has 19 heavy (non-hydrogen) atoms. The largest absolute Gasteiger partial charge is 0.399 e. The lowest BCUT2D eigenvalue weighted by Crippen LogP contribution is -2.29. The van der Waals surface area contributed by atoms with E-state index in [1.165, 1.54) is 25.9 Å². The van der Waals surface area contributed by atoms with Crippen molar-refractivity contribution in [3.8, 4) is 0 Å². The first-order valence-corrected chi connectivity index (χ1v) is 7.03. The van der Waals surface area contributed by atoms with Gasteiger partial charge in [0.15, 0.2) is 0 Å². The van der Waals surface area contributed by atoms with E-state index in [0.717, 1.165) is 30.6 Å². The molecule has 0 atom stereocenters. The molecule has 1 aliphatic heterocycles. The monoisotopic (exact) mass is 261 g/mol. The Kier molecular flexibility index (Phi) is 4.80. The maximum absolute atomic E-state index is 12.0. The zero-order chi connectivity index (χ0) is 13.7. The summed E-state index contributed by atoms with van der Waals surface area (Å²) in [5, 5.41) is 2.98. The van der Waals surface area contributed by atoms with Crippen molar-refractivity contribution < 1.29 is 4.79 Å². The van der Waals surface area contributed by atoms with Crippen LogP contribution >= 0.6 is 0 Å². The number of benzene rings is 1. The Bertz CT molecular complexity index is 439. The van der Waals surface area contributed by atoms with Crippen LogP contribution in [0.4, 0.5) is 5.69 Å². The second-order valence-corrected chi connectivity index (χ2v) is 5.23. The van der Waals surface area contributed by atoms with Crippen LogP contribution in [0.15, 0.2) is 18.2 Å². The number of nitrogens with zero attached hydrogens (tertiary/aromatic N) is 1. The molecule has 4 nitrogen and oxygen atoms in total. The highest BCUT2D eigenvalue weighted by molar-refractivity contribution is 5.95. The molecule has 1 amide bonds. The molecule has 0 radical (unpaired) electrons. The number of aryl methyl sites for hydroxylation is 1. The van der Waals surface area contributed by atoms with Crippen LogP contribution < -0.4 is 11.1 Å². The SMILES string of the molecule is Cc1cc(N)ccc1C(=O)NCCCN1CCCC1. The Morgan fingerprint density at radius 1 is 1.37 bits per heavy atom. The van der Waals surface area contributed by atoms with Gasteiger partial charge in [-0.05, 0) is 69.6 Å². The van der Waals surface area contributed by atoms with Gasteiger partial charge in [-0.3, -0.25) is 4.79 Å². The van der Waals surface area contributed by atoms with Crippen molar-refractivity contribution in [3.05, 3.63) is 29.3 Å². The van der Waals surface area contributed by atoms with Crippen molar-refractivity contribution in [1.82, 2.24) is 10.2 Å². The summed E-state index contributed by atoms with van der Waals surface area (Å²) in [5.74, 6) is -0.000998. The maximum atomic E-state index is 12.0. The van der Waals surface area contributed by atoms with Crippen molar-refractivity contribution in [3.63, 3.8) is 0 Å². The Morgan fingerprint density at radius 2 is 2.11 bits per heavy atom. The predicted octanol–water partition coefficient (Wildman–Crippen LogP) is 1.79. The number of carbonyl (C=O) groups is 1. The first kappa shape index (κ1) is 13.9. The number of nitrogen functional groups attached to an aromatic ring is 1. The third-order valence-electron chi connectivity index (χ3n) is 3.63. The fraction of sp³-hybridized carbons (Fsp3) is 0.533. The van der Waals surface area contributed by atoms with E-state index < -0.39 is 0 Å². The van der Waals surface area contributed by atoms with E-state index in [0.29, 0.717) is 5.69 Å². The van der Waals surface area contributed by atoms with Crippen molar-refractivity contribution in [1.29, 1.82) is 0 Å². The smallest absolute Gasteiger partial charge is 0.251 e. The van der Waals surface area contributed by atoms with Gasteiger partial charge in [-0.15, -0.1) is 0 Å². The number of likely N-dealkylation sites (tertiary alicyclic amines) is 1. The molecule has 4 heteroatoms. The normalized spacial score (nSPS) is 15.6. The Labute approximate surface area is 115 Å². The number of hydrogen-bond donors (Lipinski definition) is 2. The first-order chi connectivity index (χ1) is 9.16. The molecule has 1 aromatic carbocycles. The molecule has 0 bridgehead atoms. The zero-order valence-electron chi connectivity index (χ0n) is 11.6. The second-order valence-electron chi connectivity index (χ2n) is 5.23. The first-order valence-electron chi connectivity index (χ1n) is 7.03. The highest BCUT2D eigenvalue weighted by Gasteiger charge is 2.11. The molecule has 1 saturated heterocycles. The van der Waals surface area contributed by atoms with E-state index in [2.05, 4.69) is 10.2 Å². The quantitative estimate of drug-likeness (QED) is 0.627. The molecule has 0 aliphatic carbocycles. The fourth-order valence-corrected chi connectivity index (χ4v) is 2.55. The lowest BCUT2D eigenvalue weighted by molar-refractivity contribution is 0.0951. The molecule has 0 spiro atoms. The second kappa shape index (κ2) is 6.57. The van der Waals surface area contributed by atoms with Gasteiger partial charge < -0.3 is 16.0 Å². The van der Waals surface area contributed by atoms with Crippen LogP contribution in [0.5, 0.6) is 0 Å². The van der Waals surface area contributed by atoms with Gasteiger partial charge in [0.1, 0.15) is 0 Å². The average molecular weight is 261 g/mol. The molecule has 1 heterocycles. The number of amides is 1. The summed E-state index contributed by atoms with van der Waals surface area (Å²) in [4.78, 5) is 14.5. The van der Waals surface area contributed by atoms with Crippen molar-refractivity contribution in [2.45, 2.75) is 26.2 Å². The van der Waals surface area contributed by atoms with Crippen molar-refractivity contribution in [2.24, 2.45) is 0 Å². The van der Waals surface area contributed by atoms with Crippen LogP contribution in [-0.2, 0) is 0 Å². The van der Waals surface area contributed by atoms with Crippen LogP contribution in [0.3, 0.4) is 0 Å². The molecule has 0 unspecified atom stereocenters.